The van der Waals surface area contributed by atoms with Gasteiger partial charge in [-0.05, 0) is 12.1 Å². The summed E-state index contributed by atoms with van der Waals surface area (Å²) < 4.78 is 27.5. The van der Waals surface area contributed by atoms with E-state index in [0.29, 0.717) is 11.1 Å². The van der Waals surface area contributed by atoms with Gasteiger partial charge in [-0.1, -0.05) is 78.9 Å². The molecule has 1 aromatic heterocycles. The molecular weight excluding hydrogens is 372 g/mol. The summed E-state index contributed by atoms with van der Waals surface area (Å²) in [6.45, 7) is 0. The van der Waals surface area contributed by atoms with Crippen LogP contribution in [0.4, 0.5) is 0 Å². The van der Waals surface area contributed by atoms with Gasteiger partial charge in [0.1, 0.15) is 5.69 Å². The molecule has 28 heavy (non-hydrogen) atoms. The molecule has 0 N–H and O–H groups in total. The Morgan fingerprint density at radius 3 is 1.89 bits per heavy atom. The van der Waals surface area contributed by atoms with Crippen LogP contribution in [0.2, 0.25) is 0 Å². The lowest BCUT2D eigenvalue weighted by Crippen LogP contribution is -2.13. The molecule has 0 saturated carbocycles. The van der Waals surface area contributed by atoms with E-state index < -0.39 is 10.0 Å². The summed E-state index contributed by atoms with van der Waals surface area (Å²) in [6, 6.07) is 25.7. The van der Waals surface area contributed by atoms with Crippen LogP contribution in [0, 0.1) is 0 Å². The third-order valence-corrected chi connectivity index (χ3v) is 5.94. The number of carbonyl (C=O) groups excluding carboxylic acids is 1. The molecule has 0 aliphatic heterocycles. The summed E-state index contributed by atoms with van der Waals surface area (Å²) in [5, 5.41) is 0. The monoisotopic (exact) mass is 388 g/mol. The van der Waals surface area contributed by atoms with Gasteiger partial charge in [-0.15, -0.1) is 0 Å². The van der Waals surface area contributed by atoms with Crippen molar-refractivity contribution in [3.8, 4) is 11.4 Å². The lowest BCUT2D eigenvalue weighted by atomic mass is 10.1. The van der Waals surface area contributed by atoms with Crippen molar-refractivity contribution in [1.82, 2.24) is 8.96 Å². The van der Waals surface area contributed by atoms with Gasteiger partial charge < -0.3 is 0 Å². The first-order chi connectivity index (χ1) is 13.6. The van der Waals surface area contributed by atoms with Crippen LogP contribution in [0.25, 0.3) is 11.4 Å². The molecule has 0 saturated heterocycles. The topological polar surface area (TPSA) is 69.0 Å². The largest absolute Gasteiger partial charge is 0.287 e. The molecule has 0 aliphatic rings. The highest BCUT2D eigenvalue weighted by Gasteiger charge is 2.25. The Bertz CT molecular complexity index is 1220. The standard InChI is InChI=1S/C22H16N2O3S/c25-21(17-10-4-1-5-11-17)20-16-24(22(23-20)18-12-6-2-7-13-18)28(26,27)19-14-8-3-9-15-19/h1-16H. The Balaban J connectivity index is 1.90. The number of rotatable bonds is 5. The normalized spacial score (nSPS) is 11.3. The molecule has 0 radical (unpaired) electrons. The first-order valence-electron chi connectivity index (χ1n) is 8.62. The van der Waals surface area contributed by atoms with Crippen molar-refractivity contribution in [1.29, 1.82) is 0 Å². The zero-order chi connectivity index (χ0) is 19.6. The molecule has 1 heterocycles. The second-order valence-electron chi connectivity index (χ2n) is 6.12. The van der Waals surface area contributed by atoms with Gasteiger partial charge in [-0.3, -0.25) is 4.79 Å². The molecule has 4 rings (SSSR count). The fourth-order valence-electron chi connectivity index (χ4n) is 2.88. The lowest BCUT2D eigenvalue weighted by Gasteiger charge is -2.09. The van der Waals surface area contributed by atoms with Crippen LogP contribution >= 0.6 is 0 Å². The predicted molar refractivity (Wildman–Crippen MR) is 107 cm³/mol. The van der Waals surface area contributed by atoms with Crippen LogP contribution in [0.1, 0.15) is 16.1 Å². The van der Waals surface area contributed by atoms with Crippen LogP contribution in [-0.4, -0.2) is 23.2 Å². The van der Waals surface area contributed by atoms with Crippen molar-refractivity contribution in [3.05, 3.63) is 108 Å². The van der Waals surface area contributed by atoms with Gasteiger partial charge in [0.2, 0.25) is 5.78 Å². The number of ketones is 1. The van der Waals surface area contributed by atoms with Crippen LogP contribution in [0.5, 0.6) is 0 Å². The van der Waals surface area contributed by atoms with Gasteiger partial charge in [0.15, 0.2) is 5.82 Å². The van der Waals surface area contributed by atoms with Gasteiger partial charge in [0.25, 0.3) is 10.0 Å². The van der Waals surface area contributed by atoms with E-state index in [9.17, 15) is 13.2 Å². The maximum atomic E-state index is 13.2. The minimum absolute atomic E-state index is 0.0737. The average molecular weight is 388 g/mol. The minimum atomic E-state index is -3.91. The molecule has 3 aromatic carbocycles. The molecule has 0 aliphatic carbocycles. The fraction of sp³-hybridized carbons (Fsp3) is 0. The van der Waals surface area contributed by atoms with E-state index in [1.807, 2.05) is 12.1 Å². The van der Waals surface area contributed by atoms with Crippen molar-refractivity contribution in [2.45, 2.75) is 4.90 Å². The second kappa shape index (κ2) is 7.25. The minimum Gasteiger partial charge on any atom is -0.287 e. The Labute approximate surface area is 163 Å². The fourth-order valence-corrected chi connectivity index (χ4v) is 4.22. The molecule has 0 fully saturated rings. The Kier molecular flexibility index (Phi) is 4.63. The van der Waals surface area contributed by atoms with Crippen molar-refractivity contribution < 1.29 is 13.2 Å². The van der Waals surface area contributed by atoms with Crippen molar-refractivity contribution in [2.24, 2.45) is 0 Å². The highest BCUT2D eigenvalue weighted by molar-refractivity contribution is 7.90. The summed E-state index contributed by atoms with van der Waals surface area (Å²) in [5.74, 6) is -0.136. The Hall–Kier alpha value is -3.51. The third-order valence-electron chi connectivity index (χ3n) is 4.28. The maximum absolute atomic E-state index is 13.2. The van der Waals surface area contributed by atoms with E-state index in [1.165, 1.54) is 18.3 Å². The molecule has 5 nitrogen and oxygen atoms in total. The quantitative estimate of drug-likeness (QED) is 0.484. The third kappa shape index (κ3) is 3.25. The van der Waals surface area contributed by atoms with Gasteiger partial charge >= 0.3 is 0 Å². The molecule has 4 aromatic rings. The maximum Gasteiger partial charge on any atom is 0.269 e. The first-order valence-corrected chi connectivity index (χ1v) is 10.1. The van der Waals surface area contributed by atoms with E-state index >= 15 is 0 Å². The number of imidazole rings is 1. The van der Waals surface area contributed by atoms with Gasteiger partial charge in [-0.25, -0.2) is 17.4 Å². The molecule has 6 heteroatoms. The molecule has 0 spiro atoms. The molecule has 0 bridgehead atoms. The number of aromatic nitrogens is 2. The van der Waals surface area contributed by atoms with Crippen molar-refractivity contribution >= 4 is 15.8 Å². The van der Waals surface area contributed by atoms with E-state index in [-0.39, 0.29) is 22.2 Å². The van der Waals surface area contributed by atoms with Crippen LogP contribution in [0.15, 0.2) is 102 Å². The van der Waals surface area contributed by atoms with E-state index in [1.54, 1.807) is 66.7 Å². The zero-order valence-electron chi connectivity index (χ0n) is 14.8. The summed E-state index contributed by atoms with van der Waals surface area (Å²) >= 11 is 0. The summed E-state index contributed by atoms with van der Waals surface area (Å²) in [4.78, 5) is 17.3. The Morgan fingerprint density at radius 2 is 1.29 bits per heavy atom. The lowest BCUT2D eigenvalue weighted by molar-refractivity contribution is 0.103. The number of benzene rings is 3. The Morgan fingerprint density at radius 1 is 0.750 bits per heavy atom. The van der Waals surface area contributed by atoms with Gasteiger partial charge in [-0.2, -0.15) is 0 Å². The van der Waals surface area contributed by atoms with Gasteiger partial charge in [0, 0.05) is 11.1 Å². The number of nitrogens with zero attached hydrogens (tertiary/aromatic N) is 2. The van der Waals surface area contributed by atoms with Crippen LogP contribution < -0.4 is 0 Å². The van der Waals surface area contributed by atoms with Crippen molar-refractivity contribution in [3.63, 3.8) is 0 Å². The van der Waals surface area contributed by atoms with Gasteiger partial charge in [0.05, 0.1) is 11.1 Å². The SMILES string of the molecule is O=C(c1ccccc1)c1cn(S(=O)(=O)c2ccccc2)c(-c2ccccc2)n1. The van der Waals surface area contributed by atoms with E-state index in [0.717, 1.165) is 3.97 Å². The molecular formula is C22H16N2O3S. The average Bonchev–Trinajstić information content (AvgIpc) is 3.21. The highest BCUT2D eigenvalue weighted by Crippen LogP contribution is 2.25. The van der Waals surface area contributed by atoms with Crippen LogP contribution in [0.3, 0.4) is 0 Å². The molecule has 0 atom stereocenters. The molecule has 0 amide bonds. The second-order valence-corrected chi connectivity index (χ2v) is 7.94. The number of carbonyl (C=O) groups is 1. The summed E-state index contributed by atoms with van der Waals surface area (Å²) in [5.41, 5.74) is 1.13. The predicted octanol–water partition coefficient (Wildman–Crippen LogP) is 4.02. The van der Waals surface area contributed by atoms with Crippen molar-refractivity contribution in [2.75, 3.05) is 0 Å². The van der Waals surface area contributed by atoms with E-state index in [2.05, 4.69) is 4.98 Å². The number of hydrogen-bond donors (Lipinski definition) is 0. The van der Waals surface area contributed by atoms with Crippen LogP contribution in [-0.2, 0) is 10.0 Å². The molecule has 138 valence electrons. The highest BCUT2D eigenvalue weighted by atomic mass is 32.2. The first kappa shape index (κ1) is 17.9. The molecule has 0 unspecified atom stereocenters. The zero-order valence-corrected chi connectivity index (χ0v) is 15.6. The smallest absolute Gasteiger partial charge is 0.269 e. The summed E-state index contributed by atoms with van der Waals surface area (Å²) in [7, 11) is -3.91. The van der Waals surface area contributed by atoms with E-state index in [4.69, 9.17) is 0 Å². The number of hydrogen-bond acceptors (Lipinski definition) is 4. The summed E-state index contributed by atoms with van der Waals surface area (Å²) in [6.07, 6.45) is 1.29.